The van der Waals surface area contributed by atoms with Crippen molar-refractivity contribution < 1.29 is 24.2 Å². The first-order valence-corrected chi connectivity index (χ1v) is 8.19. The van der Waals surface area contributed by atoms with Crippen LogP contribution in [0.25, 0.3) is 0 Å². The van der Waals surface area contributed by atoms with Crippen LogP contribution in [0.1, 0.15) is 22.8 Å². The zero-order chi connectivity index (χ0) is 18.7. The van der Waals surface area contributed by atoms with Gasteiger partial charge in [-0.25, -0.2) is 9.59 Å². The molecule has 0 aromatic heterocycles. The number of methoxy groups -OCH3 is 1. The third kappa shape index (κ3) is 3.88. The van der Waals surface area contributed by atoms with Crippen LogP contribution >= 0.6 is 0 Å². The number of ether oxygens (including phenoxy) is 2. The quantitative estimate of drug-likeness (QED) is 0.882. The largest absolute Gasteiger partial charge is 0.497 e. The summed E-state index contributed by atoms with van der Waals surface area (Å²) in [7, 11) is 1.58. The number of rotatable bonds is 3. The van der Waals surface area contributed by atoms with Crippen LogP contribution in [0.5, 0.6) is 11.5 Å². The van der Waals surface area contributed by atoms with Gasteiger partial charge in [-0.1, -0.05) is 6.07 Å². The van der Waals surface area contributed by atoms with Gasteiger partial charge in [0.1, 0.15) is 17.6 Å². The first-order valence-electron chi connectivity index (χ1n) is 8.19. The molecule has 3 rings (SSSR count). The number of urea groups is 1. The number of nitrogens with zero attached hydrogens (tertiary/aromatic N) is 1. The Kier molecular flexibility index (Phi) is 4.97. The highest BCUT2D eigenvalue weighted by molar-refractivity contribution is 5.90. The molecule has 7 heteroatoms. The Bertz CT molecular complexity index is 819. The topological polar surface area (TPSA) is 88.1 Å². The third-order valence-corrected chi connectivity index (χ3v) is 4.11. The van der Waals surface area contributed by atoms with Gasteiger partial charge in [-0.05, 0) is 43.3 Å². The fourth-order valence-electron chi connectivity index (χ4n) is 2.79. The van der Waals surface area contributed by atoms with Crippen molar-refractivity contribution in [2.75, 3.05) is 19.0 Å². The molecule has 0 saturated heterocycles. The summed E-state index contributed by atoms with van der Waals surface area (Å²) in [5, 5.41) is 12.0. The molecule has 2 amide bonds. The maximum absolute atomic E-state index is 12.6. The van der Waals surface area contributed by atoms with Crippen LogP contribution in [0.15, 0.2) is 42.5 Å². The van der Waals surface area contributed by atoms with E-state index in [0.717, 1.165) is 5.56 Å². The lowest BCUT2D eigenvalue weighted by Crippen LogP contribution is -2.38. The lowest BCUT2D eigenvalue weighted by molar-refractivity contribution is 0.0696. The van der Waals surface area contributed by atoms with Gasteiger partial charge in [0, 0.05) is 11.3 Å². The molecule has 2 aromatic carbocycles. The Morgan fingerprint density at radius 3 is 2.62 bits per heavy atom. The normalized spacial score (nSPS) is 16.1. The molecule has 0 bridgehead atoms. The highest BCUT2D eigenvalue weighted by Gasteiger charge is 2.24. The molecule has 1 atom stereocenters. The number of aromatic carboxylic acids is 1. The van der Waals surface area contributed by atoms with E-state index in [1.807, 2.05) is 6.92 Å². The van der Waals surface area contributed by atoms with E-state index in [0.29, 0.717) is 30.3 Å². The van der Waals surface area contributed by atoms with E-state index in [1.54, 1.807) is 42.3 Å². The predicted molar refractivity (Wildman–Crippen MR) is 95.9 cm³/mol. The van der Waals surface area contributed by atoms with Gasteiger partial charge in [0.05, 0.1) is 25.8 Å². The van der Waals surface area contributed by atoms with Crippen molar-refractivity contribution in [1.29, 1.82) is 0 Å². The average Bonchev–Trinajstić information content (AvgIpc) is 2.79. The number of benzene rings is 2. The number of carbonyl (C=O) groups excluding carboxylic acids is 1. The number of fused-ring (bicyclic) bond motifs is 1. The van der Waals surface area contributed by atoms with E-state index in [4.69, 9.17) is 14.6 Å². The van der Waals surface area contributed by atoms with Crippen molar-refractivity contribution >= 4 is 17.7 Å². The molecule has 2 N–H and O–H groups in total. The molecule has 7 nitrogen and oxygen atoms in total. The Morgan fingerprint density at radius 1 is 1.23 bits per heavy atom. The second-order valence-corrected chi connectivity index (χ2v) is 6.10. The van der Waals surface area contributed by atoms with Crippen molar-refractivity contribution in [3.63, 3.8) is 0 Å². The van der Waals surface area contributed by atoms with Gasteiger partial charge in [0.2, 0.25) is 0 Å². The van der Waals surface area contributed by atoms with Gasteiger partial charge in [0.25, 0.3) is 0 Å². The molecule has 1 unspecified atom stereocenters. The first-order chi connectivity index (χ1) is 12.5. The van der Waals surface area contributed by atoms with Crippen molar-refractivity contribution in [3.05, 3.63) is 53.6 Å². The van der Waals surface area contributed by atoms with Gasteiger partial charge < -0.3 is 24.8 Å². The molecule has 0 saturated carbocycles. The van der Waals surface area contributed by atoms with Crippen LogP contribution in [-0.4, -0.2) is 41.8 Å². The standard InChI is InChI=1S/C19H20N2O5/c1-12-10-21(19(24)20-15-5-7-16(25-2)8-6-15)11-14-4-3-13(18(22)23)9-17(14)26-12/h3-9,12H,10-11H2,1-2H3,(H,20,24)(H,22,23). The summed E-state index contributed by atoms with van der Waals surface area (Å²) in [5.74, 6) is 0.197. The van der Waals surface area contributed by atoms with Gasteiger partial charge in [-0.3, -0.25) is 0 Å². The number of anilines is 1. The number of amides is 2. The molecular formula is C19H20N2O5. The van der Waals surface area contributed by atoms with E-state index < -0.39 is 5.97 Å². The van der Waals surface area contributed by atoms with E-state index in [2.05, 4.69) is 5.32 Å². The first kappa shape index (κ1) is 17.6. The summed E-state index contributed by atoms with van der Waals surface area (Å²) in [4.78, 5) is 25.4. The predicted octanol–water partition coefficient (Wildman–Crippen LogP) is 3.21. The highest BCUT2D eigenvalue weighted by atomic mass is 16.5. The van der Waals surface area contributed by atoms with Crippen LogP contribution < -0.4 is 14.8 Å². The monoisotopic (exact) mass is 356 g/mol. The summed E-state index contributed by atoms with van der Waals surface area (Å²) in [6.45, 7) is 2.57. The summed E-state index contributed by atoms with van der Waals surface area (Å²) in [6, 6.07) is 11.5. The molecule has 26 heavy (non-hydrogen) atoms. The summed E-state index contributed by atoms with van der Waals surface area (Å²) >= 11 is 0. The molecule has 0 fully saturated rings. The number of carbonyl (C=O) groups is 2. The van der Waals surface area contributed by atoms with Gasteiger partial charge in [-0.15, -0.1) is 0 Å². The number of hydrogen-bond acceptors (Lipinski definition) is 4. The molecule has 2 aromatic rings. The Hall–Kier alpha value is -3.22. The van der Waals surface area contributed by atoms with Crippen LogP contribution in [0, 0.1) is 0 Å². The second-order valence-electron chi connectivity index (χ2n) is 6.10. The SMILES string of the molecule is COc1ccc(NC(=O)N2Cc3ccc(C(=O)O)cc3OC(C)C2)cc1. The minimum Gasteiger partial charge on any atom is -0.497 e. The molecule has 0 radical (unpaired) electrons. The molecule has 0 aliphatic carbocycles. The van der Waals surface area contributed by atoms with Gasteiger partial charge >= 0.3 is 12.0 Å². The number of carboxylic acid groups (broad SMARTS) is 1. The van der Waals surface area contributed by atoms with E-state index >= 15 is 0 Å². The fourth-order valence-corrected chi connectivity index (χ4v) is 2.79. The van der Waals surface area contributed by atoms with Crippen molar-refractivity contribution in [3.8, 4) is 11.5 Å². The van der Waals surface area contributed by atoms with E-state index in [-0.39, 0.29) is 17.7 Å². The number of nitrogens with one attached hydrogen (secondary N) is 1. The summed E-state index contributed by atoms with van der Waals surface area (Å²) in [6.07, 6.45) is -0.262. The molecule has 136 valence electrons. The van der Waals surface area contributed by atoms with Crippen LogP contribution in [-0.2, 0) is 6.54 Å². The van der Waals surface area contributed by atoms with Crippen molar-refractivity contribution in [1.82, 2.24) is 4.90 Å². The average molecular weight is 356 g/mol. The Labute approximate surface area is 151 Å². The maximum Gasteiger partial charge on any atom is 0.335 e. The van der Waals surface area contributed by atoms with Crippen molar-refractivity contribution in [2.24, 2.45) is 0 Å². The van der Waals surface area contributed by atoms with Crippen molar-refractivity contribution in [2.45, 2.75) is 19.6 Å². The van der Waals surface area contributed by atoms with Gasteiger partial charge in [0.15, 0.2) is 0 Å². The zero-order valence-corrected chi connectivity index (χ0v) is 14.6. The Morgan fingerprint density at radius 2 is 1.96 bits per heavy atom. The third-order valence-electron chi connectivity index (χ3n) is 4.11. The molecule has 1 aliphatic heterocycles. The summed E-state index contributed by atoms with van der Waals surface area (Å²) < 4.78 is 10.9. The van der Waals surface area contributed by atoms with Gasteiger partial charge in [-0.2, -0.15) is 0 Å². The highest BCUT2D eigenvalue weighted by Crippen LogP contribution is 2.27. The minimum atomic E-state index is -1.01. The van der Waals surface area contributed by atoms with E-state index in [9.17, 15) is 9.59 Å². The molecule has 0 spiro atoms. The molecular weight excluding hydrogens is 336 g/mol. The number of carboxylic acids is 1. The zero-order valence-electron chi connectivity index (χ0n) is 14.6. The minimum absolute atomic E-state index is 0.159. The Balaban J connectivity index is 1.77. The fraction of sp³-hybridized carbons (Fsp3) is 0.263. The smallest absolute Gasteiger partial charge is 0.335 e. The van der Waals surface area contributed by atoms with Crippen LogP contribution in [0.3, 0.4) is 0 Å². The molecule has 1 heterocycles. The van der Waals surface area contributed by atoms with Crippen LogP contribution in [0.2, 0.25) is 0 Å². The lowest BCUT2D eigenvalue weighted by Gasteiger charge is -2.22. The molecule has 1 aliphatic rings. The van der Waals surface area contributed by atoms with Crippen LogP contribution in [0.4, 0.5) is 10.5 Å². The lowest BCUT2D eigenvalue weighted by atomic mass is 10.1. The van der Waals surface area contributed by atoms with E-state index in [1.165, 1.54) is 12.1 Å². The number of hydrogen-bond donors (Lipinski definition) is 2. The maximum atomic E-state index is 12.6. The summed E-state index contributed by atoms with van der Waals surface area (Å²) in [5.41, 5.74) is 1.59. The second kappa shape index (κ2) is 7.35.